The molecule has 3 aromatic rings. The second kappa shape index (κ2) is 5.29. The lowest BCUT2D eigenvalue weighted by Gasteiger charge is -2.01. The Balaban J connectivity index is 1.82. The highest BCUT2D eigenvalue weighted by atomic mass is 35.5. The van der Waals surface area contributed by atoms with E-state index in [1.165, 1.54) is 5.56 Å². The molecule has 0 unspecified atom stereocenters. The van der Waals surface area contributed by atoms with Crippen molar-refractivity contribution in [1.29, 1.82) is 0 Å². The predicted molar refractivity (Wildman–Crippen MR) is 78.2 cm³/mol. The zero-order chi connectivity index (χ0) is 13.1. The van der Waals surface area contributed by atoms with E-state index in [0.717, 1.165) is 22.8 Å². The van der Waals surface area contributed by atoms with E-state index in [1.54, 1.807) is 0 Å². The summed E-state index contributed by atoms with van der Waals surface area (Å²) in [5.41, 5.74) is 3.31. The number of hydrogen-bond donors (Lipinski definition) is 0. The quantitative estimate of drug-likeness (QED) is 0.694. The van der Waals surface area contributed by atoms with Crippen LogP contribution in [0.3, 0.4) is 0 Å². The van der Waals surface area contributed by atoms with Gasteiger partial charge in [0.15, 0.2) is 0 Å². The molecule has 1 aromatic heterocycles. The lowest BCUT2D eigenvalue weighted by molar-refractivity contribution is 0.797. The van der Waals surface area contributed by atoms with Crippen molar-refractivity contribution in [1.82, 2.24) is 9.55 Å². The Bertz CT molecular complexity index is 657. The summed E-state index contributed by atoms with van der Waals surface area (Å²) in [7, 11) is 0. The van der Waals surface area contributed by atoms with E-state index in [9.17, 15) is 0 Å². The normalized spacial score (nSPS) is 10.6. The Morgan fingerprint density at radius 1 is 0.947 bits per heavy atom. The summed E-state index contributed by atoms with van der Waals surface area (Å²) in [6.45, 7) is 0.835. The molecule has 0 aliphatic heterocycles. The van der Waals surface area contributed by atoms with Gasteiger partial charge in [0, 0.05) is 23.3 Å². The summed E-state index contributed by atoms with van der Waals surface area (Å²) in [6.07, 6.45) is 3.91. The summed E-state index contributed by atoms with van der Waals surface area (Å²) in [5, 5.41) is 0.743. The maximum atomic E-state index is 5.89. The molecule has 0 atom stereocenters. The van der Waals surface area contributed by atoms with Gasteiger partial charge in [-0.25, -0.2) is 4.98 Å². The lowest BCUT2D eigenvalue weighted by atomic mass is 10.2. The highest BCUT2D eigenvalue weighted by Gasteiger charge is 2.02. The average molecular weight is 269 g/mol. The van der Waals surface area contributed by atoms with Crippen LogP contribution in [0.1, 0.15) is 5.56 Å². The molecular weight excluding hydrogens is 256 g/mol. The SMILES string of the molecule is Clc1ccc(-c2cn(Cc3ccccc3)cn2)cc1. The topological polar surface area (TPSA) is 17.8 Å². The van der Waals surface area contributed by atoms with E-state index in [2.05, 4.69) is 27.9 Å². The van der Waals surface area contributed by atoms with Crippen molar-refractivity contribution in [2.24, 2.45) is 0 Å². The van der Waals surface area contributed by atoms with Crippen molar-refractivity contribution in [3.8, 4) is 11.3 Å². The van der Waals surface area contributed by atoms with Crippen molar-refractivity contribution >= 4 is 11.6 Å². The minimum absolute atomic E-state index is 0.743. The largest absolute Gasteiger partial charge is 0.332 e. The standard InChI is InChI=1S/C16H13ClN2/c17-15-8-6-14(7-9-15)16-11-19(12-18-16)10-13-4-2-1-3-5-13/h1-9,11-12H,10H2. The first-order valence-electron chi connectivity index (χ1n) is 6.13. The number of halogens is 1. The third-order valence-electron chi connectivity index (χ3n) is 2.98. The van der Waals surface area contributed by atoms with Crippen molar-refractivity contribution in [3.63, 3.8) is 0 Å². The number of rotatable bonds is 3. The Labute approximate surface area is 117 Å². The maximum Gasteiger partial charge on any atom is 0.0956 e. The van der Waals surface area contributed by atoms with Gasteiger partial charge in [0.25, 0.3) is 0 Å². The molecule has 0 saturated carbocycles. The van der Waals surface area contributed by atoms with Crippen LogP contribution in [-0.2, 0) is 6.54 Å². The molecule has 0 spiro atoms. The van der Waals surface area contributed by atoms with Crippen molar-refractivity contribution in [2.45, 2.75) is 6.54 Å². The third-order valence-corrected chi connectivity index (χ3v) is 3.23. The number of benzene rings is 2. The molecule has 3 rings (SSSR count). The van der Waals surface area contributed by atoms with Gasteiger partial charge in [-0.2, -0.15) is 0 Å². The first-order chi connectivity index (χ1) is 9.31. The van der Waals surface area contributed by atoms with Crippen molar-refractivity contribution in [3.05, 3.63) is 77.7 Å². The molecule has 94 valence electrons. The Morgan fingerprint density at radius 2 is 1.68 bits per heavy atom. The fraction of sp³-hybridized carbons (Fsp3) is 0.0625. The Morgan fingerprint density at radius 3 is 2.42 bits per heavy atom. The van der Waals surface area contributed by atoms with Gasteiger partial charge in [-0.3, -0.25) is 0 Å². The molecule has 0 fully saturated rings. The van der Waals surface area contributed by atoms with Crippen LogP contribution < -0.4 is 0 Å². The van der Waals surface area contributed by atoms with Gasteiger partial charge in [-0.1, -0.05) is 54.1 Å². The number of aromatic nitrogens is 2. The zero-order valence-electron chi connectivity index (χ0n) is 10.3. The van der Waals surface area contributed by atoms with Gasteiger partial charge >= 0.3 is 0 Å². The van der Waals surface area contributed by atoms with E-state index >= 15 is 0 Å². The predicted octanol–water partition coefficient (Wildman–Crippen LogP) is 4.25. The summed E-state index contributed by atoms with van der Waals surface area (Å²) in [4.78, 5) is 4.43. The first kappa shape index (κ1) is 12.0. The van der Waals surface area contributed by atoms with Crippen molar-refractivity contribution < 1.29 is 0 Å². The van der Waals surface area contributed by atoms with Gasteiger partial charge in [-0.15, -0.1) is 0 Å². The smallest absolute Gasteiger partial charge is 0.0956 e. The van der Waals surface area contributed by atoms with Crippen LogP contribution in [0.5, 0.6) is 0 Å². The second-order valence-corrected chi connectivity index (χ2v) is 4.86. The van der Waals surface area contributed by atoms with E-state index < -0.39 is 0 Å². The molecule has 19 heavy (non-hydrogen) atoms. The van der Waals surface area contributed by atoms with E-state index in [1.807, 2.05) is 48.8 Å². The minimum Gasteiger partial charge on any atom is -0.332 e. The number of imidazole rings is 1. The number of nitrogens with zero attached hydrogens (tertiary/aromatic N) is 2. The molecule has 0 aliphatic carbocycles. The van der Waals surface area contributed by atoms with Crippen LogP contribution in [0, 0.1) is 0 Å². The van der Waals surface area contributed by atoms with Crippen LogP contribution in [0.15, 0.2) is 67.1 Å². The summed E-state index contributed by atoms with van der Waals surface area (Å²) < 4.78 is 2.08. The molecule has 1 heterocycles. The van der Waals surface area contributed by atoms with Crippen LogP contribution in [0.4, 0.5) is 0 Å². The van der Waals surface area contributed by atoms with Gasteiger partial charge in [0.1, 0.15) is 0 Å². The molecule has 0 amide bonds. The molecule has 2 aromatic carbocycles. The monoisotopic (exact) mass is 268 g/mol. The van der Waals surface area contributed by atoms with E-state index in [4.69, 9.17) is 11.6 Å². The highest BCUT2D eigenvalue weighted by molar-refractivity contribution is 6.30. The molecule has 0 aliphatic rings. The van der Waals surface area contributed by atoms with E-state index in [0.29, 0.717) is 0 Å². The zero-order valence-corrected chi connectivity index (χ0v) is 11.1. The third kappa shape index (κ3) is 2.85. The van der Waals surface area contributed by atoms with Crippen LogP contribution in [-0.4, -0.2) is 9.55 Å². The maximum absolute atomic E-state index is 5.89. The Kier molecular flexibility index (Phi) is 3.34. The van der Waals surface area contributed by atoms with Gasteiger partial charge in [0.2, 0.25) is 0 Å². The second-order valence-electron chi connectivity index (χ2n) is 4.42. The molecule has 2 nitrogen and oxygen atoms in total. The van der Waals surface area contributed by atoms with Gasteiger partial charge in [0.05, 0.1) is 12.0 Å². The first-order valence-corrected chi connectivity index (χ1v) is 6.51. The summed E-state index contributed by atoms with van der Waals surface area (Å²) in [6, 6.07) is 18.1. The lowest BCUT2D eigenvalue weighted by Crippen LogP contribution is -1.95. The molecule has 0 bridgehead atoms. The average Bonchev–Trinajstić information content (AvgIpc) is 2.89. The Hall–Kier alpha value is -2.06. The summed E-state index contributed by atoms with van der Waals surface area (Å²) in [5.74, 6) is 0. The van der Waals surface area contributed by atoms with E-state index in [-0.39, 0.29) is 0 Å². The fourth-order valence-electron chi connectivity index (χ4n) is 2.01. The number of hydrogen-bond acceptors (Lipinski definition) is 1. The molecule has 0 radical (unpaired) electrons. The molecule has 0 saturated heterocycles. The van der Waals surface area contributed by atoms with Crippen LogP contribution >= 0.6 is 11.6 Å². The molecule has 0 N–H and O–H groups in total. The van der Waals surface area contributed by atoms with Gasteiger partial charge in [-0.05, 0) is 17.7 Å². The minimum atomic E-state index is 0.743. The van der Waals surface area contributed by atoms with Crippen LogP contribution in [0.2, 0.25) is 5.02 Å². The fourth-order valence-corrected chi connectivity index (χ4v) is 2.14. The van der Waals surface area contributed by atoms with Crippen LogP contribution in [0.25, 0.3) is 11.3 Å². The van der Waals surface area contributed by atoms with Crippen molar-refractivity contribution in [2.75, 3.05) is 0 Å². The molecule has 3 heteroatoms. The molecular formula is C16H13ClN2. The summed E-state index contributed by atoms with van der Waals surface area (Å²) >= 11 is 5.89. The van der Waals surface area contributed by atoms with Gasteiger partial charge < -0.3 is 4.57 Å². The highest BCUT2D eigenvalue weighted by Crippen LogP contribution is 2.19.